The number of aliphatic hydroxyl groups excluding tert-OH is 1. The minimum atomic E-state index is -0.102. The minimum Gasteiger partial charge on any atom is -0.391 e. The van der Waals surface area contributed by atoms with E-state index in [1.807, 2.05) is 0 Å². The van der Waals surface area contributed by atoms with Gasteiger partial charge in [0.1, 0.15) is 0 Å². The molecule has 2 nitrogen and oxygen atoms in total. The average Bonchev–Trinajstić information content (AvgIpc) is 2.66. The summed E-state index contributed by atoms with van der Waals surface area (Å²) in [6.07, 6.45) is 7.40. The molecule has 0 bridgehead atoms. The molecule has 2 rings (SSSR count). The lowest BCUT2D eigenvalue weighted by molar-refractivity contribution is -0.0647. The van der Waals surface area contributed by atoms with Crippen LogP contribution in [0.1, 0.15) is 52.4 Å². The van der Waals surface area contributed by atoms with E-state index in [4.69, 9.17) is 0 Å². The highest BCUT2D eigenvalue weighted by Gasteiger charge is 2.43. The van der Waals surface area contributed by atoms with Crippen molar-refractivity contribution in [3.8, 4) is 0 Å². The monoisotopic (exact) mass is 211 g/mol. The normalized spacial score (nSPS) is 29.8. The molecule has 1 N–H and O–H groups in total. The second kappa shape index (κ2) is 4.42. The number of hydrogen-bond acceptors (Lipinski definition) is 2. The quantitative estimate of drug-likeness (QED) is 0.772. The molecule has 0 spiro atoms. The highest BCUT2D eigenvalue weighted by molar-refractivity contribution is 4.98. The topological polar surface area (TPSA) is 23.5 Å². The van der Waals surface area contributed by atoms with Crippen LogP contribution in [0.4, 0.5) is 0 Å². The van der Waals surface area contributed by atoms with Crippen molar-refractivity contribution in [2.45, 2.75) is 64.0 Å². The van der Waals surface area contributed by atoms with E-state index in [1.165, 1.54) is 45.2 Å². The van der Waals surface area contributed by atoms with E-state index in [0.29, 0.717) is 5.92 Å². The summed E-state index contributed by atoms with van der Waals surface area (Å²) in [6.45, 7) is 6.86. The Balaban J connectivity index is 2.04. The van der Waals surface area contributed by atoms with Gasteiger partial charge in [0.25, 0.3) is 0 Å². The second-order valence-electron chi connectivity index (χ2n) is 5.54. The third-order valence-corrected chi connectivity index (χ3v) is 4.78. The summed E-state index contributed by atoms with van der Waals surface area (Å²) in [7, 11) is 0. The van der Waals surface area contributed by atoms with E-state index in [2.05, 4.69) is 18.7 Å². The standard InChI is InChI=1S/C13H25NO/c1-3-13(2,14-9-4-5-10-14)12(15)11-7-6-8-11/h11-12,15H,3-10H2,1-2H3. The molecular weight excluding hydrogens is 186 g/mol. The Hall–Kier alpha value is -0.0800. The number of hydrogen-bond donors (Lipinski definition) is 1. The van der Waals surface area contributed by atoms with Crippen molar-refractivity contribution >= 4 is 0 Å². The average molecular weight is 211 g/mol. The lowest BCUT2D eigenvalue weighted by atomic mass is 9.72. The first-order valence-electron chi connectivity index (χ1n) is 6.61. The van der Waals surface area contributed by atoms with Gasteiger partial charge < -0.3 is 5.11 Å². The first-order valence-corrected chi connectivity index (χ1v) is 6.61. The molecule has 2 unspecified atom stereocenters. The van der Waals surface area contributed by atoms with Gasteiger partial charge in [0.05, 0.1) is 6.10 Å². The Morgan fingerprint density at radius 1 is 1.27 bits per heavy atom. The van der Waals surface area contributed by atoms with Gasteiger partial charge in [-0.1, -0.05) is 13.3 Å². The van der Waals surface area contributed by atoms with Crippen LogP contribution < -0.4 is 0 Å². The minimum absolute atomic E-state index is 0.0432. The van der Waals surface area contributed by atoms with Crippen LogP contribution in [0.15, 0.2) is 0 Å². The van der Waals surface area contributed by atoms with Crippen LogP contribution in [-0.2, 0) is 0 Å². The molecule has 1 heterocycles. The van der Waals surface area contributed by atoms with Crippen LogP contribution in [-0.4, -0.2) is 34.7 Å². The maximum atomic E-state index is 10.5. The number of rotatable bonds is 4. The van der Waals surface area contributed by atoms with E-state index in [1.54, 1.807) is 0 Å². The molecule has 1 aliphatic carbocycles. The Morgan fingerprint density at radius 2 is 1.87 bits per heavy atom. The van der Waals surface area contributed by atoms with Crippen molar-refractivity contribution in [1.82, 2.24) is 4.90 Å². The molecular formula is C13H25NO. The van der Waals surface area contributed by atoms with Crippen molar-refractivity contribution in [2.75, 3.05) is 13.1 Å². The van der Waals surface area contributed by atoms with Crippen molar-refractivity contribution in [1.29, 1.82) is 0 Å². The van der Waals surface area contributed by atoms with Gasteiger partial charge in [-0.25, -0.2) is 0 Å². The molecule has 2 aliphatic rings. The highest BCUT2D eigenvalue weighted by Crippen LogP contribution is 2.39. The molecule has 0 aromatic rings. The van der Waals surface area contributed by atoms with Crippen molar-refractivity contribution in [3.63, 3.8) is 0 Å². The maximum Gasteiger partial charge on any atom is 0.0749 e. The smallest absolute Gasteiger partial charge is 0.0749 e. The first kappa shape index (κ1) is 11.4. The van der Waals surface area contributed by atoms with E-state index >= 15 is 0 Å². The lowest BCUT2D eigenvalue weighted by Gasteiger charge is -2.47. The summed E-state index contributed by atoms with van der Waals surface area (Å²) in [5, 5.41) is 10.5. The van der Waals surface area contributed by atoms with E-state index in [-0.39, 0.29) is 11.6 Å². The zero-order chi connectivity index (χ0) is 10.9. The number of aliphatic hydroxyl groups is 1. The van der Waals surface area contributed by atoms with E-state index in [9.17, 15) is 5.11 Å². The first-order chi connectivity index (χ1) is 7.18. The molecule has 0 radical (unpaired) electrons. The Labute approximate surface area is 93.7 Å². The molecule has 88 valence electrons. The van der Waals surface area contributed by atoms with Gasteiger partial charge in [0.2, 0.25) is 0 Å². The van der Waals surface area contributed by atoms with Crippen LogP contribution in [0.3, 0.4) is 0 Å². The Kier molecular flexibility index (Phi) is 3.36. The molecule has 1 saturated carbocycles. The summed E-state index contributed by atoms with van der Waals surface area (Å²) in [6, 6.07) is 0. The zero-order valence-corrected chi connectivity index (χ0v) is 10.2. The van der Waals surface area contributed by atoms with E-state index in [0.717, 1.165) is 6.42 Å². The molecule has 1 saturated heterocycles. The third kappa shape index (κ3) is 1.94. The molecule has 2 fully saturated rings. The Morgan fingerprint density at radius 3 is 2.27 bits per heavy atom. The van der Waals surface area contributed by atoms with Crippen LogP contribution in [0.25, 0.3) is 0 Å². The summed E-state index contributed by atoms with van der Waals surface area (Å²) in [5.41, 5.74) is 0.0432. The van der Waals surface area contributed by atoms with Crippen LogP contribution in [0, 0.1) is 5.92 Å². The number of likely N-dealkylation sites (tertiary alicyclic amines) is 1. The molecule has 0 aromatic heterocycles. The van der Waals surface area contributed by atoms with Crippen molar-refractivity contribution in [2.24, 2.45) is 5.92 Å². The van der Waals surface area contributed by atoms with Gasteiger partial charge in [-0.2, -0.15) is 0 Å². The van der Waals surface area contributed by atoms with Crippen molar-refractivity contribution < 1.29 is 5.11 Å². The summed E-state index contributed by atoms with van der Waals surface area (Å²) < 4.78 is 0. The van der Waals surface area contributed by atoms with Crippen molar-refractivity contribution in [3.05, 3.63) is 0 Å². The predicted octanol–water partition coefficient (Wildman–Crippen LogP) is 2.41. The third-order valence-electron chi connectivity index (χ3n) is 4.78. The Bertz CT molecular complexity index is 209. The zero-order valence-electron chi connectivity index (χ0n) is 10.2. The van der Waals surface area contributed by atoms with Crippen LogP contribution in [0.5, 0.6) is 0 Å². The largest absolute Gasteiger partial charge is 0.391 e. The summed E-state index contributed by atoms with van der Waals surface area (Å²) in [4.78, 5) is 2.52. The van der Waals surface area contributed by atoms with Gasteiger partial charge in [0.15, 0.2) is 0 Å². The molecule has 1 aliphatic heterocycles. The fraction of sp³-hybridized carbons (Fsp3) is 1.00. The predicted molar refractivity (Wildman–Crippen MR) is 62.9 cm³/mol. The van der Waals surface area contributed by atoms with Crippen LogP contribution in [0.2, 0.25) is 0 Å². The molecule has 2 heteroatoms. The number of nitrogens with zero attached hydrogens (tertiary/aromatic N) is 1. The second-order valence-corrected chi connectivity index (χ2v) is 5.54. The lowest BCUT2D eigenvalue weighted by Crippen LogP contribution is -2.56. The van der Waals surface area contributed by atoms with Gasteiger partial charge in [-0.3, -0.25) is 4.90 Å². The van der Waals surface area contributed by atoms with Gasteiger partial charge in [-0.05, 0) is 58.0 Å². The summed E-state index contributed by atoms with van der Waals surface area (Å²) >= 11 is 0. The van der Waals surface area contributed by atoms with Gasteiger partial charge >= 0.3 is 0 Å². The summed E-state index contributed by atoms with van der Waals surface area (Å²) in [5.74, 6) is 0.579. The fourth-order valence-corrected chi connectivity index (χ4v) is 3.11. The van der Waals surface area contributed by atoms with Gasteiger partial charge in [0, 0.05) is 5.54 Å². The molecule has 0 amide bonds. The van der Waals surface area contributed by atoms with E-state index < -0.39 is 0 Å². The van der Waals surface area contributed by atoms with Crippen LogP contribution >= 0.6 is 0 Å². The molecule has 15 heavy (non-hydrogen) atoms. The maximum absolute atomic E-state index is 10.5. The molecule has 0 aromatic carbocycles. The SMILES string of the molecule is CCC(C)(C(O)C1CCC1)N1CCCC1. The fourth-order valence-electron chi connectivity index (χ4n) is 3.11. The van der Waals surface area contributed by atoms with Gasteiger partial charge in [-0.15, -0.1) is 0 Å². The highest BCUT2D eigenvalue weighted by atomic mass is 16.3. The molecule has 2 atom stereocenters.